The van der Waals surface area contributed by atoms with Crippen molar-refractivity contribution in [2.45, 2.75) is 24.4 Å². The zero-order valence-electron chi connectivity index (χ0n) is 16.3. The summed E-state index contributed by atoms with van der Waals surface area (Å²) in [7, 11) is -3.61. The summed E-state index contributed by atoms with van der Waals surface area (Å²) in [5.41, 5.74) is 1.84. The molecule has 0 bridgehead atoms. The summed E-state index contributed by atoms with van der Waals surface area (Å²) in [5.74, 6) is -0.196. The van der Waals surface area contributed by atoms with E-state index in [9.17, 15) is 13.2 Å². The summed E-state index contributed by atoms with van der Waals surface area (Å²) in [4.78, 5) is 17.3. The van der Waals surface area contributed by atoms with Crippen LogP contribution in [-0.4, -0.2) is 38.9 Å². The summed E-state index contributed by atoms with van der Waals surface area (Å²) in [5, 5.41) is 6.97. The molecule has 0 saturated heterocycles. The second-order valence-electron chi connectivity index (χ2n) is 7.08. The van der Waals surface area contributed by atoms with E-state index in [4.69, 9.17) is 0 Å². The second-order valence-corrected chi connectivity index (χ2v) is 10.9. The van der Waals surface area contributed by atoms with E-state index in [2.05, 4.69) is 26.4 Å². The van der Waals surface area contributed by atoms with E-state index in [1.807, 2.05) is 28.8 Å². The minimum atomic E-state index is -3.61. The van der Waals surface area contributed by atoms with Gasteiger partial charge in [-0.25, -0.2) is 13.1 Å². The summed E-state index contributed by atoms with van der Waals surface area (Å²) in [6, 6.07) is 12.0. The van der Waals surface area contributed by atoms with Crippen molar-refractivity contribution in [2.75, 3.05) is 19.6 Å². The first-order chi connectivity index (χ1) is 14.5. The smallest absolute Gasteiger partial charge is 0.251 e. The highest BCUT2D eigenvalue weighted by atomic mass is 32.2. The van der Waals surface area contributed by atoms with Crippen molar-refractivity contribution < 1.29 is 13.2 Å². The van der Waals surface area contributed by atoms with Crippen LogP contribution in [-0.2, 0) is 29.5 Å². The third kappa shape index (κ3) is 5.16. The Balaban J connectivity index is 1.26. The quantitative estimate of drug-likeness (QED) is 0.540. The van der Waals surface area contributed by atoms with Crippen LogP contribution in [0.1, 0.15) is 25.7 Å². The molecule has 9 heteroatoms. The molecule has 2 aromatic heterocycles. The number of sulfonamides is 1. The molecular weight excluding hydrogens is 438 g/mol. The Morgan fingerprint density at radius 1 is 1.07 bits per heavy atom. The molecule has 1 aliphatic heterocycles. The van der Waals surface area contributed by atoms with Gasteiger partial charge in [-0.05, 0) is 59.1 Å². The fraction of sp³-hybridized carbons (Fsp3) is 0.286. The molecule has 30 heavy (non-hydrogen) atoms. The maximum Gasteiger partial charge on any atom is 0.251 e. The van der Waals surface area contributed by atoms with Crippen LogP contribution in [0.3, 0.4) is 0 Å². The van der Waals surface area contributed by atoms with Gasteiger partial charge in [-0.1, -0.05) is 6.07 Å². The average Bonchev–Trinajstić information content (AvgIpc) is 3.44. The van der Waals surface area contributed by atoms with Gasteiger partial charge >= 0.3 is 0 Å². The van der Waals surface area contributed by atoms with Crippen LogP contribution in [0.4, 0.5) is 0 Å². The van der Waals surface area contributed by atoms with Gasteiger partial charge in [-0.3, -0.25) is 9.69 Å². The molecular formula is C21H23N3O3S3. The standard InChI is InChI=1S/C21H23N3O3S3/c25-21(22-9-11-24-10-7-20-17(15-24)8-13-29-20)16-3-5-19(6-4-16)30(26,27)23-14-18-2-1-12-28-18/h1-6,8,12-13,23H,7,9-11,14-15H2,(H,22,25). The van der Waals surface area contributed by atoms with Gasteiger partial charge in [0.15, 0.2) is 0 Å². The number of amides is 1. The van der Waals surface area contributed by atoms with E-state index in [-0.39, 0.29) is 17.3 Å². The first-order valence-electron chi connectivity index (χ1n) is 9.69. The minimum Gasteiger partial charge on any atom is -0.351 e. The number of carbonyl (C=O) groups is 1. The Bertz CT molecular complexity index is 1090. The molecule has 0 saturated carbocycles. The lowest BCUT2D eigenvalue weighted by Gasteiger charge is -2.26. The first-order valence-corrected chi connectivity index (χ1v) is 12.9. The topological polar surface area (TPSA) is 78.5 Å². The van der Waals surface area contributed by atoms with Crippen molar-refractivity contribution in [3.05, 3.63) is 74.1 Å². The van der Waals surface area contributed by atoms with Crippen LogP contribution in [0.15, 0.2) is 58.1 Å². The van der Waals surface area contributed by atoms with Gasteiger partial charge in [0.05, 0.1) is 4.90 Å². The summed E-state index contributed by atoms with van der Waals surface area (Å²) in [6.45, 7) is 3.54. The molecule has 0 atom stereocenters. The maximum absolute atomic E-state index is 12.4. The zero-order chi connectivity index (χ0) is 21.0. The van der Waals surface area contributed by atoms with Crippen LogP contribution in [0.5, 0.6) is 0 Å². The highest BCUT2D eigenvalue weighted by molar-refractivity contribution is 7.89. The first kappa shape index (κ1) is 21.2. The molecule has 3 heterocycles. The number of nitrogens with zero attached hydrogens (tertiary/aromatic N) is 1. The van der Waals surface area contributed by atoms with Crippen LogP contribution < -0.4 is 10.0 Å². The molecule has 158 valence electrons. The van der Waals surface area contributed by atoms with Crippen LogP contribution in [0, 0.1) is 0 Å². The molecule has 0 fully saturated rings. The van der Waals surface area contributed by atoms with Crippen LogP contribution >= 0.6 is 22.7 Å². The monoisotopic (exact) mass is 461 g/mol. The van der Waals surface area contributed by atoms with E-state index in [0.29, 0.717) is 12.1 Å². The molecule has 4 rings (SSSR count). The Hall–Kier alpha value is -2.04. The summed E-state index contributed by atoms with van der Waals surface area (Å²) in [6.07, 6.45) is 1.07. The van der Waals surface area contributed by atoms with E-state index in [0.717, 1.165) is 30.9 Å². The predicted molar refractivity (Wildman–Crippen MR) is 120 cm³/mol. The number of benzene rings is 1. The molecule has 3 aromatic rings. The van der Waals surface area contributed by atoms with Crippen molar-refractivity contribution in [2.24, 2.45) is 0 Å². The van der Waals surface area contributed by atoms with E-state index >= 15 is 0 Å². The van der Waals surface area contributed by atoms with E-state index in [1.165, 1.54) is 33.9 Å². The number of thiophene rings is 2. The fourth-order valence-corrected chi connectivity index (χ4v) is 6.01. The van der Waals surface area contributed by atoms with Gasteiger partial charge in [-0.15, -0.1) is 22.7 Å². The zero-order valence-corrected chi connectivity index (χ0v) is 18.8. The lowest BCUT2D eigenvalue weighted by molar-refractivity contribution is 0.0947. The van der Waals surface area contributed by atoms with Gasteiger partial charge in [0.2, 0.25) is 10.0 Å². The van der Waals surface area contributed by atoms with Crippen molar-refractivity contribution in [3.8, 4) is 0 Å². The van der Waals surface area contributed by atoms with E-state index < -0.39 is 10.0 Å². The highest BCUT2D eigenvalue weighted by Gasteiger charge is 2.18. The Morgan fingerprint density at radius 2 is 1.90 bits per heavy atom. The van der Waals surface area contributed by atoms with Crippen LogP contribution in [0.25, 0.3) is 0 Å². The third-order valence-corrected chi connectivity index (χ3v) is 8.36. The third-order valence-electron chi connectivity index (χ3n) is 5.04. The number of hydrogen-bond donors (Lipinski definition) is 2. The highest BCUT2D eigenvalue weighted by Crippen LogP contribution is 2.23. The van der Waals surface area contributed by atoms with Gasteiger partial charge in [-0.2, -0.15) is 0 Å². The van der Waals surface area contributed by atoms with E-state index in [1.54, 1.807) is 12.1 Å². The lowest BCUT2D eigenvalue weighted by atomic mass is 10.1. The SMILES string of the molecule is O=C(NCCN1CCc2sccc2C1)c1ccc(S(=O)(=O)NCc2cccs2)cc1. The van der Waals surface area contributed by atoms with Gasteiger partial charge in [0.25, 0.3) is 5.91 Å². The van der Waals surface area contributed by atoms with Crippen molar-refractivity contribution in [1.82, 2.24) is 14.9 Å². The number of carbonyl (C=O) groups excluding carboxylic acids is 1. The largest absolute Gasteiger partial charge is 0.351 e. The van der Waals surface area contributed by atoms with Crippen molar-refractivity contribution in [1.29, 1.82) is 0 Å². The molecule has 6 nitrogen and oxygen atoms in total. The molecule has 1 amide bonds. The van der Waals surface area contributed by atoms with Gasteiger partial charge < -0.3 is 5.32 Å². The maximum atomic E-state index is 12.4. The molecule has 1 aromatic carbocycles. The molecule has 0 aliphatic carbocycles. The van der Waals surface area contributed by atoms with Crippen molar-refractivity contribution in [3.63, 3.8) is 0 Å². The molecule has 2 N–H and O–H groups in total. The van der Waals surface area contributed by atoms with Crippen molar-refractivity contribution >= 4 is 38.6 Å². The minimum absolute atomic E-state index is 0.149. The Morgan fingerprint density at radius 3 is 2.67 bits per heavy atom. The molecule has 0 spiro atoms. The summed E-state index contributed by atoms with van der Waals surface area (Å²) >= 11 is 3.31. The second kappa shape index (κ2) is 9.40. The van der Waals surface area contributed by atoms with Crippen LogP contribution in [0.2, 0.25) is 0 Å². The fourth-order valence-electron chi connectivity index (χ4n) is 3.38. The summed E-state index contributed by atoms with van der Waals surface area (Å²) < 4.78 is 27.4. The number of rotatable bonds is 8. The molecule has 0 radical (unpaired) electrons. The Kier molecular flexibility index (Phi) is 6.64. The average molecular weight is 462 g/mol. The number of nitrogens with one attached hydrogen (secondary N) is 2. The molecule has 0 unspecified atom stereocenters. The van der Waals surface area contributed by atoms with Gasteiger partial charge in [0.1, 0.15) is 0 Å². The number of hydrogen-bond acceptors (Lipinski definition) is 6. The normalized spacial score (nSPS) is 14.4. The van der Waals surface area contributed by atoms with Gasteiger partial charge in [0, 0.05) is 48.0 Å². The predicted octanol–water partition coefficient (Wildman–Crippen LogP) is 3.08. The number of fused-ring (bicyclic) bond motifs is 1. The lowest BCUT2D eigenvalue weighted by Crippen LogP contribution is -2.37. The molecule has 1 aliphatic rings. The Labute approximate surface area is 184 Å².